The fourth-order valence-electron chi connectivity index (χ4n) is 4.60. The van der Waals surface area contributed by atoms with Crippen LogP contribution in [-0.4, -0.2) is 48.1 Å². The molecule has 5 rings (SSSR count). The Morgan fingerprint density at radius 3 is 2.46 bits per heavy atom. The maximum absolute atomic E-state index is 13.3. The van der Waals surface area contributed by atoms with Gasteiger partial charge in [-0.1, -0.05) is 55.1 Å². The number of likely N-dealkylation sites (tertiary alicyclic amines) is 1. The van der Waals surface area contributed by atoms with Crippen LogP contribution < -0.4 is 14.2 Å². The molecule has 3 aromatic rings. The van der Waals surface area contributed by atoms with Gasteiger partial charge in [0.1, 0.15) is 31.3 Å². The Labute approximate surface area is 215 Å². The number of aliphatic hydroxyl groups excluding tert-OH is 1. The summed E-state index contributed by atoms with van der Waals surface area (Å²) < 4.78 is 16.8. The molecule has 0 aromatic heterocycles. The third-order valence-corrected chi connectivity index (χ3v) is 6.40. The SMILES string of the molecule is C=CCOc1ccc(C2/C(=C(\O)c3ccc4c(c3)OCCO4)C(=O)C(=O)N2CCc2ccccc2)cc1. The maximum atomic E-state index is 13.3. The summed E-state index contributed by atoms with van der Waals surface area (Å²) in [5.41, 5.74) is 2.15. The molecule has 2 aliphatic heterocycles. The minimum atomic E-state index is -0.759. The van der Waals surface area contributed by atoms with Crippen LogP contribution in [0.3, 0.4) is 0 Å². The molecule has 3 aromatic carbocycles. The average molecular weight is 498 g/mol. The summed E-state index contributed by atoms with van der Waals surface area (Å²) in [7, 11) is 0. The number of carbonyl (C=O) groups is 2. The fraction of sp³-hybridized carbons (Fsp3) is 0.200. The van der Waals surface area contributed by atoms with Gasteiger partial charge in [-0.05, 0) is 47.9 Å². The lowest BCUT2D eigenvalue weighted by atomic mass is 9.95. The standard InChI is InChI=1S/C30H27NO6/c1-2-16-35-23-11-8-21(9-12-23)27-26(28(32)22-10-13-24-25(19-22)37-18-17-36-24)29(33)30(34)31(27)15-14-20-6-4-3-5-7-20/h2-13,19,27,32H,1,14-18H2/b28-26+. The predicted octanol–water partition coefficient (Wildman–Crippen LogP) is 4.69. The molecule has 1 amide bonds. The molecule has 0 aliphatic carbocycles. The van der Waals surface area contributed by atoms with Crippen molar-refractivity contribution in [3.05, 3.63) is 108 Å². The first kappa shape index (κ1) is 24.2. The Morgan fingerprint density at radius 1 is 1.00 bits per heavy atom. The third-order valence-electron chi connectivity index (χ3n) is 6.40. The van der Waals surface area contributed by atoms with Crippen molar-refractivity contribution in [2.24, 2.45) is 0 Å². The number of nitrogens with zero attached hydrogens (tertiary/aromatic N) is 1. The van der Waals surface area contributed by atoms with Crippen molar-refractivity contribution >= 4 is 17.4 Å². The van der Waals surface area contributed by atoms with E-state index in [9.17, 15) is 14.7 Å². The van der Waals surface area contributed by atoms with Crippen LogP contribution in [0.5, 0.6) is 17.2 Å². The van der Waals surface area contributed by atoms with Crippen LogP contribution in [0.15, 0.2) is 91.0 Å². The summed E-state index contributed by atoms with van der Waals surface area (Å²) in [5, 5.41) is 11.4. The van der Waals surface area contributed by atoms with E-state index < -0.39 is 17.7 Å². The first-order chi connectivity index (χ1) is 18.1. The lowest BCUT2D eigenvalue weighted by Crippen LogP contribution is -2.31. The van der Waals surface area contributed by atoms with E-state index >= 15 is 0 Å². The summed E-state index contributed by atoms with van der Waals surface area (Å²) in [4.78, 5) is 28.1. The lowest BCUT2D eigenvalue weighted by molar-refractivity contribution is -0.139. The lowest BCUT2D eigenvalue weighted by Gasteiger charge is -2.26. The molecule has 0 radical (unpaired) electrons. The van der Waals surface area contributed by atoms with E-state index in [0.29, 0.717) is 61.2 Å². The molecule has 1 unspecified atom stereocenters. The zero-order valence-corrected chi connectivity index (χ0v) is 20.3. The number of ketones is 1. The maximum Gasteiger partial charge on any atom is 0.295 e. The molecular formula is C30H27NO6. The van der Waals surface area contributed by atoms with E-state index in [1.165, 1.54) is 4.90 Å². The van der Waals surface area contributed by atoms with E-state index in [4.69, 9.17) is 14.2 Å². The molecule has 7 heteroatoms. The molecule has 1 N–H and O–H groups in total. The molecule has 2 aliphatic rings. The highest BCUT2D eigenvalue weighted by atomic mass is 16.6. The first-order valence-corrected chi connectivity index (χ1v) is 12.1. The number of aliphatic hydroxyl groups is 1. The van der Waals surface area contributed by atoms with Crippen LogP contribution in [0.4, 0.5) is 0 Å². The van der Waals surface area contributed by atoms with Crippen LogP contribution in [0, 0.1) is 0 Å². The Balaban J connectivity index is 1.55. The van der Waals surface area contributed by atoms with Gasteiger partial charge >= 0.3 is 0 Å². The van der Waals surface area contributed by atoms with Crippen LogP contribution in [-0.2, 0) is 16.0 Å². The molecule has 1 saturated heterocycles. The molecule has 0 bridgehead atoms. The van der Waals surface area contributed by atoms with Crippen molar-refractivity contribution < 1.29 is 28.9 Å². The number of rotatable bonds is 8. The van der Waals surface area contributed by atoms with Crippen molar-refractivity contribution in [1.29, 1.82) is 0 Å². The Bertz CT molecular complexity index is 1350. The second-order valence-corrected chi connectivity index (χ2v) is 8.76. The minimum absolute atomic E-state index is 0.0366. The van der Waals surface area contributed by atoms with Crippen LogP contribution >= 0.6 is 0 Å². The number of Topliss-reactive ketones (excluding diaryl/α,β-unsaturated/α-hetero) is 1. The van der Waals surface area contributed by atoms with Gasteiger partial charge < -0.3 is 24.2 Å². The van der Waals surface area contributed by atoms with E-state index in [-0.39, 0.29) is 11.3 Å². The van der Waals surface area contributed by atoms with E-state index in [2.05, 4.69) is 6.58 Å². The highest BCUT2D eigenvalue weighted by molar-refractivity contribution is 6.46. The van der Waals surface area contributed by atoms with Crippen molar-refractivity contribution in [3.63, 3.8) is 0 Å². The number of hydrogen-bond acceptors (Lipinski definition) is 6. The van der Waals surface area contributed by atoms with E-state index in [0.717, 1.165) is 5.56 Å². The van der Waals surface area contributed by atoms with Gasteiger partial charge in [0.25, 0.3) is 11.7 Å². The summed E-state index contributed by atoms with van der Waals surface area (Å²) in [6.07, 6.45) is 2.22. The molecule has 37 heavy (non-hydrogen) atoms. The smallest absolute Gasteiger partial charge is 0.295 e. The molecular weight excluding hydrogens is 470 g/mol. The van der Waals surface area contributed by atoms with E-state index in [1.54, 1.807) is 36.4 Å². The molecule has 1 atom stereocenters. The van der Waals surface area contributed by atoms with Gasteiger partial charge in [-0.25, -0.2) is 0 Å². The van der Waals surface area contributed by atoms with Crippen molar-refractivity contribution in [2.75, 3.05) is 26.4 Å². The Morgan fingerprint density at radius 2 is 1.73 bits per heavy atom. The number of benzene rings is 3. The molecule has 2 heterocycles. The molecule has 7 nitrogen and oxygen atoms in total. The van der Waals surface area contributed by atoms with Crippen molar-refractivity contribution in [3.8, 4) is 17.2 Å². The monoisotopic (exact) mass is 497 g/mol. The number of fused-ring (bicyclic) bond motifs is 1. The number of hydrogen-bond donors (Lipinski definition) is 1. The zero-order valence-electron chi connectivity index (χ0n) is 20.3. The highest BCUT2D eigenvalue weighted by Crippen LogP contribution is 2.41. The summed E-state index contributed by atoms with van der Waals surface area (Å²) in [6.45, 7) is 5.16. The molecule has 1 fully saturated rings. The fourth-order valence-corrected chi connectivity index (χ4v) is 4.60. The van der Waals surface area contributed by atoms with Gasteiger partial charge in [0.2, 0.25) is 0 Å². The Kier molecular flexibility index (Phi) is 6.94. The van der Waals surface area contributed by atoms with Gasteiger partial charge in [-0.15, -0.1) is 0 Å². The first-order valence-electron chi connectivity index (χ1n) is 12.1. The van der Waals surface area contributed by atoms with Gasteiger partial charge in [-0.2, -0.15) is 0 Å². The highest BCUT2D eigenvalue weighted by Gasteiger charge is 2.46. The van der Waals surface area contributed by atoms with Crippen molar-refractivity contribution in [2.45, 2.75) is 12.5 Å². The third kappa shape index (κ3) is 4.93. The second kappa shape index (κ2) is 10.6. The van der Waals surface area contributed by atoms with Crippen LogP contribution in [0.1, 0.15) is 22.7 Å². The Hall–Kier alpha value is -4.52. The number of amides is 1. The summed E-state index contributed by atoms with van der Waals surface area (Å²) in [6, 6.07) is 21.1. The van der Waals surface area contributed by atoms with Gasteiger partial charge in [0.15, 0.2) is 11.5 Å². The molecule has 0 spiro atoms. The average Bonchev–Trinajstić information content (AvgIpc) is 3.20. The van der Waals surface area contributed by atoms with E-state index in [1.807, 2.05) is 42.5 Å². The topological polar surface area (TPSA) is 85.3 Å². The largest absolute Gasteiger partial charge is 0.507 e. The van der Waals surface area contributed by atoms with Crippen LogP contribution in [0.2, 0.25) is 0 Å². The number of carbonyl (C=O) groups excluding carboxylic acids is 2. The minimum Gasteiger partial charge on any atom is -0.507 e. The van der Waals surface area contributed by atoms with Gasteiger partial charge in [0.05, 0.1) is 11.6 Å². The number of ether oxygens (including phenoxy) is 3. The summed E-state index contributed by atoms with van der Waals surface area (Å²) >= 11 is 0. The zero-order chi connectivity index (χ0) is 25.8. The normalized spacial score (nSPS) is 18.1. The predicted molar refractivity (Wildman–Crippen MR) is 139 cm³/mol. The second-order valence-electron chi connectivity index (χ2n) is 8.76. The summed E-state index contributed by atoms with van der Waals surface area (Å²) in [5.74, 6) is 0.0577. The van der Waals surface area contributed by atoms with Gasteiger partial charge in [-0.3, -0.25) is 9.59 Å². The van der Waals surface area contributed by atoms with Gasteiger partial charge in [0, 0.05) is 12.1 Å². The van der Waals surface area contributed by atoms with Crippen molar-refractivity contribution in [1.82, 2.24) is 4.90 Å². The van der Waals surface area contributed by atoms with Crippen LogP contribution in [0.25, 0.3) is 5.76 Å². The molecule has 0 saturated carbocycles. The molecule has 188 valence electrons. The quantitative estimate of drug-likeness (QED) is 0.210.